The lowest BCUT2D eigenvalue weighted by Gasteiger charge is -2.18. The summed E-state index contributed by atoms with van der Waals surface area (Å²) >= 11 is 1.70. The summed E-state index contributed by atoms with van der Waals surface area (Å²) in [6.07, 6.45) is 11.6. The fourth-order valence-corrected chi connectivity index (χ4v) is 5.22. The van der Waals surface area contributed by atoms with E-state index in [0.29, 0.717) is 16.8 Å². The highest BCUT2D eigenvalue weighted by Gasteiger charge is 2.20. The summed E-state index contributed by atoms with van der Waals surface area (Å²) in [4.78, 5) is 13.4. The molecule has 0 radical (unpaired) electrons. The molecule has 0 saturated heterocycles. The van der Waals surface area contributed by atoms with Crippen LogP contribution in [0, 0.1) is 0 Å². The number of imidazole rings is 1. The van der Waals surface area contributed by atoms with Crippen LogP contribution in [-0.2, 0) is 11.0 Å². The number of hydrogen-bond acceptors (Lipinski definition) is 5. The molecule has 0 amide bonds. The zero-order valence-electron chi connectivity index (χ0n) is 14.3. The third-order valence-electron chi connectivity index (χ3n) is 4.70. The van der Waals surface area contributed by atoms with E-state index in [9.17, 15) is 4.21 Å². The zero-order valence-corrected chi connectivity index (χ0v) is 15.9. The monoisotopic (exact) mass is 387 g/mol. The lowest BCUT2D eigenvalue weighted by Crippen LogP contribution is -2.05. The Labute approximate surface area is 158 Å². The molecule has 1 unspecified atom stereocenters. The summed E-state index contributed by atoms with van der Waals surface area (Å²) in [7, 11) is -1.59. The highest BCUT2D eigenvalue weighted by molar-refractivity contribution is 7.82. The second kappa shape index (κ2) is 7.69. The van der Waals surface area contributed by atoms with E-state index in [2.05, 4.69) is 20.3 Å². The van der Waals surface area contributed by atoms with Crippen LogP contribution in [0.25, 0.3) is 10.4 Å². The number of nitrogens with one attached hydrogen (secondary N) is 2. The van der Waals surface area contributed by atoms with E-state index >= 15 is 0 Å². The maximum absolute atomic E-state index is 12.1. The fraction of sp³-hybridized carbons (Fsp3) is 0.333. The lowest BCUT2D eigenvalue weighted by molar-refractivity contribution is 0.442. The molecule has 2 heterocycles. The first kappa shape index (κ1) is 17.4. The number of anilines is 2. The van der Waals surface area contributed by atoms with Crippen LogP contribution in [0.5, 0.6) is 0 Å². The number of hydrogen-bond donors (Lipinski definition) is 3. The Morgan fingerprint density at radius 1 is 1.23 bits per heavy atom. The number of aromatic nitrogens is 3. The molecule has 1 aliphatic rings. The highest BCUT2D eigenvalue weighted by Crippen LogP contribution is 2.39. The number of thiazole rings is 1. The Morgan fingerprint density at radius 3 is 2.81 bits per heavy atom. The summed E-state index contributed by atoms with van der Waals surface area (Å²) in [6, 6.07) is 5.70. The molecule has 0 spiro atoms. The summed E-state index contributed by atoms with van der Waals surface area (Å²) < 4.78 is 12.1. The number of H-pyrrole nitrogens is 1. The van der Waals surface area contributed by atoms with Crippen molar-refractivity contribution >= 4 is 34.0 Å². The SMILES string of the molecule is NS(=O)c1cc(Nc2ncc[nH]2)ccc1-c1cnc(C2CCCCC2)s1. The third-order valence-corrected chi connectivity index (χ3v) is 6.67. The molecule has 1 aromatic carbocycles. The minimum atomic E-state index is -1.59. The highest BCUT2D eigenvalue weighted by atomic mass is 32.2. The second-order valence-electron chi connectivity index (χ2n) is 6.47. The number of aromatic amines is 1. The van der Waals surface area contributed by atoms with Gasteiger partial charge in [-0.15, -0.1) is 11.3 Å². The van der Waals surface area contributed by atoms with Gasteiger partial charge >= 0.3 is 0 Å². The van der Waals surface area contributed by atoms with E-state index in [1.165, 1.54) is 37.1 Å². The van der Waals surface area contributed by atoms with Crippen molar-refractivity contribution in [2.45, 2.75) is 42.9 Å². The van der Waals surface area contributed by atoms with E-state index < -0.39 is 11.0 Å². The quantitative estimate of drug-likeness (QED) is 0.608. The first-order valence-electron chi connectivity index (χ1n) is 8.73. The minimum Gasteiger partial charge on any atom is -0.331 e. The van der Waals surface area contributed by atoms with E-state index in [1.54, 1.807) is 23.7 Å². The minimum absolute atomic E-state index is 0.564. The van der Waals surface area contributed by atoms with Gasteiger partial charge in [-0.3, -0.25) is 0 Å². The number of benzene rings is 1. The van der Waals surface area contributed by atoms with Gasteiger partial charge in [0.15, 0.2) is 0 Å². The van der Waals surface area contributed by atoms with Gasteiger partial charge in [0.25, 0.3) is 0 Å². The molecule has 1 fully saturated rings. The Morgan fingerprint density at radius 2 is 2.08 bits per heavy atom. The molecule has 4 N–H and O–H groups in total. The van der Waals surface area contributed by atoms with Gasteiger partial charge in [0.05, 0.1) is 14.8 Å². The second-order valence-corrected chi connectivity index (χ2v) is 8.57. The van der Waals surface area contributed by atoms with E-state index in [1.807, 2.05) is 24.4 Å². The van der Waals surface area contributed by atoms with Gasteiger partial charge in [-0.05, 0) is 25.0 Å². The molecule has 1 saturated carbocycles. The Kier molecular flexibility index (Phi) is 5.14. The summed E-state index contributed by atoms with van der Waals surface area (Å²) in [5.74, 6) is 1.19. The van der Waals surface area contributed by atoms with E-state index in [4.69, 9.17) is 5.14 Å². The third kappa shape index (κ3) is 3.72. The molecule has 8 heteroatoms. The molecule has 2 aromatic heterocycles. The smallest absolute Gasteiger partial charge is 0.204 e. The van der Waals surface area contributed by atoms with Crippen LogP contribution in [0.15, 0.2) is 41.7 Å². The largest absolute Gasteiger partial charge is 0.331 e. The van der Waals surface area contributed by atoms with Crippen LogP contribution in [-0.4, -0.2) is 19.2 Å². The summed E-state index contributed by atoms with van der Waals surface area (Å²) in [5, 5.41) is 10.1. The van der Waals surface area contributed by atoms with Gasteiger partial charge in [0.1, 0.15) is 11.0 Å². The van der Waals surface area contributed by atoms with Crippen LogP contribution >= 0.6 is 11.3 Å². The van der Waals surface area contributed by atoms with Gasteiger partial charge in [0, 0.05) is 35.8 Å². The molecule has 1 atom stereocenters. The first-order valence-corrected chi connectivity index (χ1v) is 10.8. The van der Waals surface area contributed by atoms with Gasteiger partial charge in [-0.2, -0.15) is 0 Å². The molecule has 6 nitrogen and oxygen atoms in total. The molecule has 0 aliphatic heterocycles. The van der Waals surface area contributed by atoms with Crippen molar-refractivity contribution in [2.24, 2.45) is 5.14 Å². The van der Waals surface area contributed by atoms with Crippen LogP contribution in [0.4, 0.5) is 11.6 Å². The Hall–Kier alpha value is -2.03. The molecular formula is C18H21N5OS2. The van der Waals surface area contributed by atoms with Crippen molar-refractivity contribution in [3.8, 4) is 10.4 Å². The molecule has 4 rings (SSSR count). The predicted molar refractivity (Wildman–Crippen MR) is 106 cm³/mol. The molecule has 0 bridgehead atoms. The molecular weight excluding hydrogens is 366 g/mol. The van der Waals surface area contributed by atoms with Gasteiger partial charge in [-0.1, -0.05) is 25.3 Å². The Balaban J connectivity index is 1.63. The van der Waals surface area contributed by atoms with Crippen molar-refractivity contribution in [1.82, 2.24) is 15.0 Å². The predicted octanol–water partition coefficient (Wildman–Crippen LogP) is 4.31. The van der Waals surface area contributed by atoms with Crippen LogP contribution in [0.1, 0.15) is 43.0 Å². The van der Waals surface area contributed by atoms with Crippen molar-refractivity contribution < 1.29 is 4.21 Å². The van der Waals surface area contributed by atoms with Crippen molar-refractivity contribution in [3.63, 3.8) is 0 Å². The topological polar surface area (TPSA) is 96.7 Å². The average molecular weight is 388 g/mol. The van der Waals surface area contributed by atoms with Crippen LogP contribution in [0.3, 0.4) is 0 Å². The average Bonchev–Trinajstić information content (AvgIpc) is 3.34. The van der Waals surface area contributed by atoms with Crippen LogP contribution < -0.4 is 10.5 Å². The van der Waals surface area contributed by atoms with E-state index in [0.717, 1.165) is 16.1 Å². The molecule has 1 aliphatic carbocycles. The van der Waals surface area contributed by atoms with Crippen LogP contribution in [0.2, 0.25) is 0 Å². The Bertz CT molecular complexity index is 900. The number of nitrogens with two attached hydrogens (primary N) is 1. The lowest BCUT2D eigenvalue weighted by atomic mass is 9.90. The van der Waals surface area contributed by atoms with Crippen molar-refractivity contribution in [1.29, 1.82) is 0 Å². The number of rotatable bonds is 5. The van der Waals surface area contributed by atoms with Gasteiger partial charge < -0.3 is 10.3 Å². The number of nitrogens with zero attached hydrogens (tertiary/aromatic N) is 2. The molecule has 136 valence electrons. The molecule has 26 heavy (non-hydrogen) atoms. The standard InChI is InChI=1S/C18H21N5OS2/c19-26(24)16-10-13(23-18-20-8-9-21-18)6-7-14(16)15-11-22-17(25-15)12-4-2-1-3-5-12/h6-12H,1-5,19H2,(H2,20,21,23). The van der Waals surface area contributed by atoms with Gasteiger partial charge in [-0.25, -0.2) is 19.3 Å². The van der Waals surface area contributed by atoms with Crippen molar-refractivity contribution in [2.75, 3.05) is 5.32 Å². The van der Waals surface area contributed by atoms with Crippen molar-refractivity contribution in [3.05, 3.63) is 41.8 Å². The first-order chi connectivity index (χ1) is 12.7. The van der Waals surface area contributed by atoms with E-state index in [-0.39, 0.29) is 0 Å². The maximum Gasteiger partial charge on any atom is 0.204 e. The fourth-order valence-electron chi connectivity index (χ4n) is 3.39. The maximum atomic E-state index is 12.1. The van der Waals surface area contributed by atoms with Gasteiger partial charge in [0.2, 0.25) is 5.95 Å². The summed E-state index contributed by atoms with van der Waals surface area (Å²) in [5.41, 5.74) is 1.67. The summed E-state index contributed by atoms with van der Waals surface area (Å²) in [6.45, 7) is 0. The molecule has 3 aromatic rings. The zero-order chi connectivity index (χ0) is 17.9. The normalized spacial score (nSPS) is 16.5.